The second-order valence-electron chi connectivity index (χ2n) is 6.57. The normalized spacial score (nSPS) is 14.3. The van der Waals surface area contributed by atoms with Gasteiger partial charge in [0.15, 0.2) is 0 Å². The first-order valence-electron chi connectivity index (χ1n) is 8.92. The summed E-state index contributed by atoms with van der Waals surface area (Å²) in [6.45, 7) is 1.23. The lowest BCUT2D eigenvalue weighted by Crippen LogP contribution is -2.56. The van der Waals surface area contributed by atoms with E-state index in [0.29, 0.717) is 0 Å². The predicted molar refractivity (Wildman–Crippen MR) is 102 cm³/mol. The Kier molecular flexibility index (Phi) is 11.2. The van der Waals surface area contributed by atoms with Crippen molar-refractivity contribution < 1.29 is 43.8 Å². The van der Waals surface area contributed by atoms with Crippen LogP contribution in [0.2, 0.25) is 0 Å². The van der Waals surface area contributed by atoms with Gasteiger partial charge in [0, 0.05) is 6.42 Å². The van der Waals surface area contributed by atoms with Crippen molar-refractivity contribution in [2.45, 2.75) is 56.8 Å². The van der Waals surface area contributed by atoms with Gasteiger partial charge in [0.1, 0.15) is 18.1 Å². The predicted octanol–water partition coefficient (Wildman–Crippen LogP) is -4.51. The molecule has 174 valence electrons. The van der Waals surface area contributed by atoms with E-state index >= 15 is 0 Å². The van der Waals surface area contributed by atoms with Gasteiger partial charge in [-0.3, -0.25) is 28.8 Å². The molecule has 0 aromatic rings. The molecule has 11 N–H and O–H groups in total. The maximum atomic E-state index is 12.4. The van der Waals surface area contributed by atoms with Crippen LogP contribution in [0.4, 0.5) is 0 Å². The Labute approximate surface area is 176 Å². The van der Waals surface area contributed by atoms with E-state index in [1.54, 1.807) is 0 Å². The molecule has 4 unspecified atom stereocenters. The van der Waals surface area contributed by atoms with Gasteiger partial charge in [0.25, 0.3) is 0 Å². The van der Waals surface area contributed by atoms with Crippen LogP contribution in [0.15, 0.2) is 0 Å². The van der Waals surface area contributed by atoms with E-state index in [1.165, 1.54) is 6.92 Å². The van der Waals surface area contributed by atoms with Gasteiger partial charge >= 0.3 is 11.9 Å². The molecule has 0 rings (SSSR count). The summed E-state index contributed by atoms with van der Waals surface area (Å²) in [6, 6.07) is -5.77. The van der Waals surface area contributed by atoms with Crippen LogP contribution >= 0.6 is 0 Å². The quantitative estimate of drug-likeness (QED) is 0.126. The van der Waals surface area contributed by atoms with Crippen molar-refractivity contribution in [3.05, 3.63) is 0 Å². The zero-order valence-electron chi connectivity index (χ0n) is 16.6. The molecule has 15 heteroatoms. The fraction of sp³-hybridized carbons (Fsp3) is 0.562. The number of nitrogens with one attached hydrogen (secondary N) is 3. The second-order valence-corrected chi connectivity index (χ2v) is 6.57. The third-order valence-corrected chi connectivity index (χ3v) is 3.81. The van der Waals surface area contributed by atoms with Gasteiger partial charge in [-0.2, -0.15) is 0 Å². The third-order valence-electron chi connectivity index (χ3n) is 3.81. The zero-order chi connectivity index (χ0) is 24.3. The summed E-state index contributed by atoms with van der Waals surface area (Å²) >= 11 is 0. The SMILES string of the molecule is CC(NC(=O)C(N)CC(N)=O)C(=O)NC(CCC(=O)O)C(=O)NC(CC(N)=O)C(=O)O. The lowest BCUT2D eigenvalue weighted by atomic mass is 10.1. The van der Waals surface area contributed by atoms with Crippen LogP contribution in [0.25, 0.3) is 0 Å². The van der Waals surface area contributed by atoms with Crippen LogP contribution in [-0.2, 0) is 33.6 Å². The monoisotopic (exact) mass is 446 g/mol. The number of carboxylic acids is 2. The maximum absolute atomic E-state index is 12.4. The average Bonchev–Trinajstić information content (AvgIpc) is 2.62. The molecular formula is C16H26N6O9. The summed E-state index contributed by atoms with van der Waals surface area (Å²) in [6.07, 6.45) is -2.18. The van der Waals surface area contributed by atoms with Crippen molar-refractivity contribution in [1.29, 1.82) is 0 Å². The molecule has 0 aliphatic rings. The van der Waals surface area contributed by atoms with Gasteiger partial charge in [-0.15, -0.1) is 0 Å². The van der Waals surface area contributed by atoms with Crippen LogP contribution in [0.1, 0.15) is 32.6 Å². The van der Waals surface area contributed by atoms with E-state index < -0.39 is 91.3 Å². The van der Waals surface area contributed by atoms with E-state index in [-0.39, 0.29) is 0 Å². The van der Waals surface area contributed by atoms with Crippen molar-refractivity contribution in [1.82, 2.24) is 16.0 Å². The number of amides is 5. The number of hydrogen-bond acceptors (Lipinski definition) is 8. The van der Waals surface area contributed by atoms with Crippen molar-refractivity contribution >= 4 is 41.5 Å². The van der Waals surface area contributed by atoms with Crippen LogP contribution < -0.4 is 33.2 Å². The summed E-state index contributed by atoms with van der Waals surface area (Å²) < 4.78 is 0. The van der Waals surface area contributed by atoms with Crippen LogP contribution in [0.3, 0.4) is 0 Å². The Morgan fingerprint density at radius 2 is 1.29 bits per heavy atom. The summed E-state index contributed by atoms with van der Waals surface area (Å²) in [5, 5.41) is 24.2. The molecule has 31 heavy (non-hydrogen) atoms. The fourth-order valence-electron chi connectivity index (χ4n) is 2.20. The number of carbonyl (C=O) groups excluding carboxylic acids is 5. The van der Waals surface area contributed by atoms with E-state index in [4.69, 9.17) is 27.4 Å². The lowest BCUT2D eigenvalue weighted by molar-refractivity contribution is -0.144. The van der Waals surface area contributed by atoms with E-state index in [1.807, 2.05) is 5.32 Å². The van der Waals surface area contributed by atoms with Crippen LogP contribution in [0.5, 0.6) is 0 Å². The summed E-state index contributed by atoms with van der Waals surface area (Å²) in [5.74, 6) is -7.59. The van der Waals surface area contributed by atoms with Gasteiger partial charge in [0.05, 0.1) is 18.9 Å². The fourth-order valence-corrected chi connectivity index (χ4v) is 2.20. The maximum Gasteiger partial charge on any atom is 0.326 e. The molecule has 0 aromatic carbocycles. The molecular weight excluding hydrogens is 420 g/mol. The first-order chi connectivity index (χ1) is 14.2. The highest BCUT2D eigenvalue weighted by molar-refractivity contribution is 5.95. The zero-order valence-corrected chi connectivity index (χ0v) is 16.6. The number of primary amides is 2. The lowest BCUT2D eigenvalue weighted by Gasteiger charge is -2.23. The first-order valence-corrected chi connectivity index (χ1v) is 8.92. The molecule has 0 saturated carbocycles. The number of aliphatic carboxylic acids is 2. The Balaban J connectivity index is 5.21. The third kappa shape index (κ3) is 11.1. The molecule has 0 heterocycles. The molecule has 15 nitrogen and oxygen atoms in total. The van der Waals surface area contributed by atoms with Gasteiger partial charge < -0.3 is 43.4 Å². The average molecular weight is 446 g/mol. The smallest absolute Gasteiger partial charge is 0.326 e. The largest absolute Gasteiger partial charge is 0.481 e. The van der Waals surface area contributed by atoms with E-state index in [0.717, 1.165) is 0 Å². The number of rotatable bonds is 14. The van der Waals surface area contributed by atoms with Crippen molar-refractivity contribution in [2.75, 3.05) is 0 Å². The first kappa shape index (κ1) is 27.2. The summed E-state index contributed by atoms with van der Waals surface area (Å²) in [4.78, 5) is 80.3. The number of carboxylic acid groups (broad SMARTS) is 2. The number of carbonyl (C=O) groups is 7. The highest BCUT2D eigenvalue weighted by atomic mass is 16.4. The minimum atomic E-state index is -1.70. The van der Waals surface area contributed by atoms with Crippen molar-refractivity contribution in [2.24, 2.45) is 17.2 Å². The summed E-state index contributed by atoms with van der Waals surface area (Å²) in [5.41, 5.74) is 15.3. The molecule has 0 aromatic heterocycles. The molecule has 0 fully saturated rings. The topological polar surface area (TPSA) is 274 Å². The molecule has 0 aliphatic heterocycles. The Morgan fingerprint density at radius 1 is 0.774 bits per heavy atom. The molecule has 4 atom stereocenters. The standard InChI is InChI=1S/C16H26N6O9/c1-6(20-14(28)7(17)4-10(18)23)13(27)21-8(2-3-12(25)26)15(29)22-9(16(30)31)5-11(19)24/h6-9H,2-5,17H2,1H3,(H2,18,23)(H2,19,24)(H,20,28)(H,21,27)(H,22,29)(H,25,26)(H,30,31). The van der Waals surface area contributed by atoms with Gasteiger partial charge in [-0.25, -0.2) is 4.79 Å². The molecule has 0 radical (unpaired) electrons. The highest BCUT2D eigenvalue weighted by Crippen LogP contribution is 2.02. The minimum Gasteiger partial charge on any atom is -0.481 e. The molecule has 0 saturated heterocycles. The number of hydrogen-bond donors (Lipinski definition) is 8. The molecule has 5 amide bonds. The highest BCUT2D eigenvalue weighted by Gasteiger charge is 2.30. The number of nitrogens with two attached hydrogens (primary N) is 3. The Bertz CT molecular complexity index is 741. The van der Waals surface area contributed by atoms with E-state index in [9.17, 15) is 33.6 Å². The van der Waals surface area contributed by atoms with Gasteiger partial charge in [0.2, 0.25) is 29.5 Å². The Hall–Kier alpha value is -3.75. The van der Waals surface area contributed by atoms with Crippen molar-refractivity contribution in [3.63, 3.8) is 0 Å². The second kappa shape index (κ2) is 12.7. The van der Waals surface area contributed by atoms with Crippen molar-refractivity contribution in [3.8, 4) is 0 Å². The summed E-state index contributed by atoms with van der Waals surface area (Å²) in [7, 11) is 0. The molecule has 0 aliphatic carbocycles. The minimum absolute atomic E-state index is 0.419. The van der Waals surface area contributed by atoms with Crippen LogP contribution in [-0.4, -0.2) is 75.9 Å². The van der Waals surface area contributed by atoms with Crippen LogP contribution in [0, 0.1) is 0 Å². The molecule has 0 spiro atoms. The Morgan fingerprint density at radius 3 is 1.74 bits per heavy atom. The van der Waals surface area contributed by atoms with Gasteiger partial charge in [-0.1, -0.05) is 0 Å². The molecule has 0 bridgehead atoms. The van der Waals surface area contributed by atoms with Gasteiger partial charge in [-0.05, 0) is 13.3 Å². The van der Waals surface area contributed by atoms with E-state index in [2.05, 4.69) is 10.6 Å².